The number of hydrogen-bond donors (Lipinski definition) is 0. The van der Waals surface area contributed by atoms with Crippen LogP contribution in [0, 0.1) is 0 Å². The molecular formula is C12H13ClN2O2. The molecule has 0 amide bonds. The van der Waals surface area contributed by atoms with Crippen LogP contribution in [0.25, 0.3) is 11.4 Å². The van der Waals surface area contributed by atoms with Gasteiger partial charge in [-0.3, -0.25) is 0 Å². The average Bonchev–Trinajstić information content (AvgIpc) is 2.85. The molecule has 0 aliphatic heterocycles. The van der Waals surface area contributed by atoms with Crippen LogP contribution in [0.3, 0.4) is 0 Å². The fourth-order valence-electron chi connectivity index (χ4n) is 1.37. The highest BCUT2D eigenvalue weighted by molar-refractivity contribution is 6.16. The minimum atomic E-state index is 0.221. The molecule has 17 heavy (non-hydrogen) atoms. The van der Waals surface area contributed by atoms with Crippen molar-refractivity contribution in [3.05, 3.63) is 30.2 Å². The molecule has 0 aliphatic rings. The summed E-state index contributed by atoms with van der Waals surface area (Å²) in [5.41, 5.74) is 0.860. The Hall–Kier alpha value is -1.55. The largest absolute Gasteiger partial charge is 0.494 e. The van der Waals surface area contributed by atoms with Crippen molar-refractivity contribution in [1.29, 1.82) is 0 Å². The smallest absolute Gasteiger partial charge is 0.241 e. The lowest BCUT2D eigenvalue weighted by atomic mass is 10.2. The molecule has 0 unspecified atom stereocenters. The van der Waals surface area contributed by atoms with Crippen molar-refractivity contribution < 1.29 is 9.26 Å². The maximum absolute atomic E-state index is 5.61. The van der Waals surface area contributed by atoms with Crippen LogP contribution in [-0.4, -0.2) is 16.7 Å². The predicted octanol–water partition coefficient (Wildman–Crippen LogP) is 3.26. The second kappa shape index (κ2) is 5.68. The zero-order valence-corrected chi connectivity index (χ0v) is 10.3. The van der Waals surface area contributed by atoms with E-state index in [1.807, 2.05) is 24.3 Å². The van der Waals surface area contributed by atoms with Gasteiger partial charge in [-0.1, -0.05) is 24.2 Å². The van der Waals surface area contributed by atoms with E-state index in [9.17, 15) is 0 Å². The summed E-state index contributed by atoms with van der Waals surface area (Å²) < 4.78 is 10.5. The van der Waals surface area contributed by atoms with Gasteiger partial charge in [-0.25, -0.2) is 0 Å². The minimum absolute atomic E-state index is 0.221. The molecule has 0 spiro atoms. The average molecular weight is 253 g/mol. The number of hydrogen-bond acceptors (Lipinski definition) is 4. The molecule has 0 radical (unpaired) electrons. The highest BCUT2D eigenvalue weighted by Crippen LogP contribution is 2.21. The molecule has 0 fully saturated rings. The summed E-state index contributed by atoms with van der Waals surface area (Å²) in [6.45, 7) is 2.76. The van der Waals surface area contributed by atoms with Crippen molar-refractivity contribution in [3.63, 3.8) is 0 Å². The van der Waals surface area contributed by atoms with Crippen LogP contribution in [-0.2, 0) is 5.88 Å². The quantitative estimate of drug-likeness (QED) is 0.767. The zero-order valence-electron chi connectivity index (χ0n) is 9.52. The molecule has 0 atom stereocenters. The van der Waals surface area contributed by atoms with Gasteiger partial charge in [0, 0.05) is 5.56 Å². The molecule has 1 aromatic carbocycles. The van der Waals surface area contributed by atoms with E-state index < -0.39 is 0 Å². The van der Waals surface area contributed by atoms with Crippen molar-refractivity contribution in [2.45, 2.75) is 19.2 Å². The first-order valence-corrected chi connectivity index (χ1v) is 5.98. The Labute approximate surface area is 105 Å². The second-order valence-corrected chi connectivity index (χ2v) is 3.79. The minimum Gasteiger partial charge on any atom is -0.494 e. The number of benzene rings is 1. The third-order valence-electron chi connectivity index (χ3n) is 2.15. The van der Waals surface area contributed by atoms with Gasteiger partial charge in [0.15, 0.2) is 0 Å². The lowest BCUT2D eigenvalue weighted by Gasteiger charge is -2.04. The number of alkyl halides is 1. The summed E-state index contributed by atoms with van der Waals surface area (Å²) in [7, 11) is 0. The molecule has 0 saturated heterocycles. The Bertz CT molecular complexity index is 485. The summed E-state index contributed by atoms with van der Waals surface area (Å²) in [6, 6.07) is 7.60. The van der Waals surface area contributed by atoms with E-state index in [4.69, 9.17) is 20.9 Å². The van der Waals surface area contributed by atoms with E-state index in [-0.39, 0.29) is 5.88 Å². The van der Waals surface area contributed by atoms with E-state index in [0.717, 1.165) is 17.7 Å². The maximum atomic E-state index is 5.61. The van der Waals surface area contributed by atoms with Crippen molar-refractivity contribution in [2.24, 2.45) is 0 Å². The Morgan fingerprint density at radius 1 is 1.41 bits per heavy atom. The third kappa shape index (κ3) is 2.97. The lowest BCUT2D eigenvalue weighted by Crippen LogP contribution is -1.94. The van der Waals surface area contributed by atoms with Crippen molar-refractivity contribution in [1.82, 2.24) is 10.1 Å². The summed E-state index contributed by atoms with van der Waals surface area (Å²) in [6.07, 6.45) is 0.975. The highest BCUT2D eigenvalue weighted by atomic mass is 35.5. The molecular weight excluding hydrogens is 240 g/mol. The molecule has 0 N–H and O–H groups in total. The van der Waals surface area contributed by atoms with Gasteiger partial charge >= 0.3 is 0 Å². The fraction of sp³-hybridized carbons (Fsp3) is 0.333. The van der Waals surface area contributed by atoms with E-state index in [1.54, 1.807) is 0 Å². The standard InChI is InChI=1S/C12H13ClN2O2/c1-2-6-16-10-5-3-4-9(7-10)12-14-11(8-13)17-15-12/h3-5,7H,2,6,8H2,1H3. The van der Waals surface area contributed by atoms with Crippen LogP contribution in [0.5, 0.6) is 5.75 Å². The molecule has 0 aliphatic carbocycles. The molecule has 90 valence electrons. The van der Waals surface area contributed by atoms with E-state index in [2.05, 4.69) is 17.1 Å². The first-order valence-electron chi connectivity index (χ1n) is 5.45. The topological polar surface area (TPSA) is 48.2 Å². The Morgan fingerprint density at radius 3 is 3.00 bits per heavy atom. The molecule has 5 heteroatoms. The predicted molar refractivity (Wildman–Crippen MR) is 65.1 cm³/mol. The van der Waals surface area contributed by atoms with Crippen molar-refractivity contribution in [3.8, 4) is 17.1 Å². The summed E-state index contributed by atoms with van der Waals surface area (Å²) in [5, 5.41) is 3.85. The van der Waals surface area contributed by atoms with Gasteiger partial charge in [0.05, 0.1) is 6.61 Å². The summed E-state index contributed by atoms with van der Waals surface area (Å²) in [4.78, 5) is 4.16. The summed E-state index contributed by atoms with van der Waals surface area (Å²) >= 11 is 5.61. The number of nitrogens with zero attached hydrogens (tertiary/aromatic N) is 2. The van der Waals surface area contributed by atoms with E-state index >= 15 is 0 Å². The van der Waals surface area contributed by atoms with Gasteiger partial charge in [0.1, 0.15) is 11.6 Å². The van der Waals surface area contributed by atoms with Crippen LogP contribution in [0.1, 0.15) is 19.2 Å². The van der Waals surface area contributed by atoms with E-state index in [1.165, 1.54) is 0 Å². The maximum Gasteiger partial charge on any atom is 0.241 e. The normalized spacial score (nSPS) is 10.5. The van der Waals surface area contributed by atoms with Crippen LogP contribution in [0.4, 0.5) is 0 Å². The SMILES string of the molecule is CCCOc1cccc(-c2noc(CCl)n2)c1. The third-order valence-corrected chi connectivity index (χ3v) is 2.38. The van der Waals surface area contributed by atoms with Crippen LogP contribution >= 0.6 is 11.6 Å². The Morgan fingerprint density at radius 2 is 2.29 bits per heavy atom. The molecule has 0 bridgehead atoms. The van der Waals surface area contributed by atoms with Gasteiger partial charge in [-0.15, -0.1) is 11.6 Å². The number of aromatic nitrogens is 2. The van der Waals surface area contributed by atoms with Crippen LogP contribution in [0.2, 0.25) is 0 Å². The first kappa shape index (κ1) is 11.9. The van der Waals surface area contributed by atoms with Gasteiger partial charge < -0.3 is 9.26 Å². The molecule has 2 aromatic rings. The van der Waals surface area contributed by atoms with Gasteiger partial charge in [0.25, 0.3) is 0 Å². The zero-order chi connectivity index (χ0) is 12.1. The van der Waals surface area contributed by atoms with Crippen LogP contribution in [0.15, 0.2) is 28.8 Å². The summed E-state index contributed by atoms with van der Waals surface area (Å²) in [5.74, 6) is 1.98. The molecule has 4 nitrogen and oxygen atoms in total. The second-order valence-electron chi connectivity index (χ2n) is 3.52. The van der Waals surface area contributed by atoms with E-state index in [0.29, 0.717) is 18.3 Å². The Kier molecular flexibility index (Phi) is 3.98. The monoisotopic (exact) mass is 252 g/mol. The lowest BCUT2D eigenvalue weighted by molar-refractivity contribution is 0.317. The molecule has 0 saturated carbocycles. The van der Waals surface area contributed by atoms with Gasteiger partial charge in [-0.2, -0.15) is 4.98 Å². The Balaban J connectivity index is 2.20. The number of rotatable bonds is 5. The molecule has 1 aromatic heterocycles. The van der Waals surface area contributed by atoms with Gasteiger partial charge in [0.2, 0.25) is 11.7 Å². The number of halogens is 1. The van der Waals surface area contributed by atoms with Gasteiger partial charge in [-0.05, 0) is 18.6 Å². The fourth-order valence-corrected chi connectivity index (χ4v) is 1.48. The van der Waals surface area contributed by atoms with Crippen molar-refractivity contribution >= 4 is 11.6 Å². The van der Waals surface area contributed by atoms with Crippen molar-refractivity contribution in [2.75, 3.05) is 6.61 Å². The number of ether oxygens (including phenoxy) is 1. The molecule has 2 rings (SSSR count). The first-order chi connectivity index (χ1) is 8.33. The van der Waals surface area contributed by atoms with Crippen LogP contribution < -0.4 is 4.74 Å². The highest BCUT2D eigenvalue weighted by Gasteiger charge is 2.08. The molecule has 1 heterocycles.